The number of nitrogens with one attached hydrogen (secondary N) is 1. The van der Waals surface area contributed by atoms with Crippen LogP contribution < -0.4 is 10.1 Å². The fourth-order valence-electron chi connectivity index (χ4n) is 1.96. The second kappa shape index (κ2) is 10.7. The molecule has 0 fully saturated rings. The number of likely N-dealkylation sites (N-methyl/N-ethyl adjacent to an activating group) is 1. The molecule has 1 N–H and O–H groups in total. The molecular weight excluding hydrogens is 254 g/mol. The summed E-state index contributed by atoms with van der Waals surface area (Å²) in [5.74, 6) is 0.866. The van der Waals surface area contributed by atoms with Gasteiger partial charge >= 0.3 is 0 Å². The van der Waals surface area contributed by atoms with Crippen molar-refractivity contribution >= 4 is 0 Å². The third kappa shape index (κ3) is 5.90. The van der Waals surface area contributed by atoms with Crippen LogP contribution in [-0.2, 0) is 9.47 Å². The Bertz CT molecular complexity index is 357. The van der Waals surface area contributed by atoms with Gasteiger partial charge in [-0.05, 0) is 19.0 Å². The van der Waals surface area contributed by atoms with Crippen LogP contribution in [0.25, 0.3) is 0 Å². The summed E-state index contributed by atoms with van der Waals surface area (Å²) in [5, 5.41) is 3.33. The zero-order chi connectivity index (χ0) is 14.6. The van der Waals surface area contributed by atoms with E-state index in [0.717, 1.165) is 37.4 Å². The van der Waals surface area contributed by atoms with Gasteiger partial charge in [-0.25, -0.2) is 0 Å². The Morgan fingerprint density at radius 3 is 2.60 bits per heavy atom. The predicted octanol–water partition coefficient (Wildman–Crippen LogP) is 2.79. The largest absolute Gasteiger partial charge is 0.496 e. The van der Waals surface area contributed by atoms with Crippen molar-refractivity contribution in [3.05, 3.63) is 29.8 Å². The predicted molar refractivity (Wildman–Crippen MR) is 81.3 cm³/mol. The third-order valence-corrected chi connectivity index (χ3v) is 2.96. The molecule has 1 rings (SSSR count). The molecule has 0 amide bonds. The van der Waals surface area contributed by atoms with Crippen LogP contribution in [0.15, 0.2) is 24.3 Å². The zero-order valence-electron chi connectivity index (χ0n) is 12.9. The smallest absolute Gasteiger partial charge is 0.124 e. The summed E-state index contributed by atoms with van der Waals surface area (Å²) in [4.78, 5) is 0. The van der Waals surface area contributed by atoms with Gasteiger partial charge in [0.05, 0.1) is 26.4 Å². The Morgan fingerprint density at radius 1 is 1.10 bits per heavy atom. The average molecular weight is 281 g/mol. The van der Waals surface area contributed by atoms with E-state index in [4.69, 9.17) is 14.2 Å². The van der Waals surface area contributed by atoms with Crippen LogP contribution in [0.4, 0.5) is 0 Å². The maximum absolute atomic E-state index is 5.95. The van der Waals surface area contributed by atoms with Gasteiger partial charge in [0.2, 0.25) is 0 Å². The Balaban J connectivity index is 2.58. The number of rotatable bonds is 11. The van der Waals surface area contributed by atoms with E-state index in [2.05, 4.69) is 19.2 Å². The van der Waals surface area contributed by atoms with Gasteiger partial charge < -0.3 is 19.5 Å². The molecule has 0 spiro atoms. The van der Waals surface area contributed by atoms with Crippen LogP contribution >= 0.6 is 0 Å². The molecule has 0 radical (unpaired) electrons. The summed E-state index contributed by atoms with van der Waals surface area (Å²) in [6.45, 7) is 7.88. The maximum atomic E-state index is 5.95. The molecule has 0 aliphatic rings. The molecule has 0 heterocycles. The lowest BCUT2D eigenvalue weighted by Crippen LogP contribution is -2.24. The fraction of sp³-hybridized carbons (Fsp3) is 0.625. The molecule has 0 aliphatic carbocycles. The first-order chi connectivity index (χ1) is 9.83. The first kappa shape index (κ1) is 17.0. The van der Waals surface area contributed by atoms with Gasteiger partial charge in [0, 0.05) is 18.7 Å². The van der Waals surface area contributed by atoms with Crippen LogP contribution in [0, 0.1) is 0 Å². The van der Waals surface area contributed by atoms with E-state index in [-0.39, 0.29) is 6.10 Å². The van der Waals surface area contributed by atoms with Gasteiger partial charge in [-0.3, -0.25) is 0 Å². The Kier molecular flexibility index (Phi) is 9.04. The van der Waals surface area contributed by atoms with Crippen molar-refractivity contribution in [3.63, 3.8) is 0 Å². The highest BCUT2D eigenvalue weighted by Gasteiger charge is 2.15. The summed E-state index contributed by atoms with van der Waals surface area (Å²) in [7, 11) is 1.69. The molecule has 114 valence electrons. The van der Waals surface area contributed by atoms with Gasteiger partial charge in [-0.2, -0.15) is 0 Å². The van der Waals surface area contributed by atoms with E-state index in [1.54, 1.807) is 7.11 Å². The molecule has 0 bridgehead atoms. The third-order valence-electron chi connectivity index (χ3n) is 2.96. The minimum absolute atomic E-state index is 0.0173. The number of para-hydroxylation sites is 1. The quantitative estimate of drug-likeness (QED) is 0.633. The summed E-state index contributed by atoms with van der Waals surface area (Å²) in [5.41, 5.74) is 1.08. The van der Waals surface area contributed by atoms with Crippen LogP contribution in [0.3, 0.4) is 0 Å². The second-order valence-electron chi connectivity index (χ2n) is 4.52. The highest BCUT2D eigenvalue weighted by molar-refractivity contribution is 5.35. The van der Waals surface area contributed by atoms with Crippen molar-refractivity contribution in [2.75, 3.05) is 40.0 Å². The van der Waals surface area contributed by atoms with E-state index in [9.17, 15) is 0 Å². The van der Waals surface area contributed by atoms with E-state index in [1.165, 1.54) is 0 Å². The highest BCUT2D eigenvalue weighted by atomic mass is 16.5. The molecule has 0 saturated carbocycles. The van der Waals surface area contributed by atoms with E-state index >= 15 is 0 Å². The van der Waals surface area contributed by atoms with Crippen LogP contribution in [0.1, 0.15) is 31.9 Å². The minimum Gasteiger partial charge on any atom is -0.496 e. The van der Waals surface area contributed by atoms with Crippen molar-refractivity contribution in [2.24, 2.45) is 0 Å². The topological polar surface area (TPSA) is 39.7 Å². The lowest BCUT2D eigenvalue weighted by molar-refractivity contribution is 0.00360. The monoisotopic (exact) mass is 281 g/mol. The molecule has 0 aromatic heterocycles. The summed E-state index contributed by atoms with van der Waals surface area (Å²) >= 11 is 0. The molecule has 4 heteroatoms. The zero-order valence-corrected chi connectivity index (χ0v) is 12.9. The van der Waals surface area contributed by atoms with Crippen molar-refractivity contribution in [1.82, 2.24) is 5.32 Å². The molecule has 4 nitrogen and oxygen atoms in total. The summed E-state index contributed by atoms with van der Waals surface area (Å²) in [6, 6.07) is 7.99. The number of hydrogen-bond acceptors (Lipinski definition) is 4. The van der Waals surface area contributed by atoms with Gasteiger partial charge in [-0.15, -0.1) is 0 Å². The lowest BCUT2D eigenvalue weighted by atomic mass is 10.1. The Hall–Kier alpha value is -1.10. The van der Waals surface area contributed by atoms with Crippen molar-refractivity contribution in [1.29, 1.82) is 0 Å². The Morgan fingerprint density at radius 2 is 1.90 bits per heavy atom. The van der Waals surface area contributed by atoms with Gasteiger partial charge in [0.1, 0.15) is 5.75 Å². The first-order valence-electron chi connectivity index (χ1n) is 7.36. The van der Waals surface area contributed by atoms with Gasteiger partial charge in [0.25, 0.3) is 0 Å². The number of methoxy groups -OCH3 is 1. The molecule has 1 aromatic rings. The number of benzene rings is 1. The van der Waals surface area contributed by atoms with Gasteiger partial charge in [0.15, 0.2) is 0 Å². The molecular formula is C16H27NO3. The normalized spacial score (nSPS) is 12.3. The van der Waals surface area contributed by atoms with Crippen molar-refractivity contribution in [3.8, 4) is 5.75 Å². The SMILES string of the molecule is CCCOCCOC(CNCC)c1ccccc1OC. The second-order valence-corrected chi connectivity index (χ2v) is 4.52. The standard InChI is InChI=1S/C16H27NO3/c1-4-10-19-11-12-20-16(13-17-5-2)14-8-6-7-9-15(14)18-3/h6-9,16-17H,4-5,10-13H2,1-3H3. The lowest BCUT2D eigenvalue weighted by Gasteiger charge is -2.21. The Labute approximate surface area is 122 Å². The summed E-state index contributed by atoms with van der Waals surface area (Å²) in [6.07, 6.45) is 1.02. The van der Waals surface area contributed by atoms with Crippen LogP contribution in [-0.4, -0.2) is 40.0 Å². The molecule has 1 aromatic carbocycles. The van der Waals surface area contributed by atoms with E-state index < -0.39 is 0 Å². The number of hydrogen-bond donors (Lipinski definition) is 1. The van der Waals surface area contributed by atoms with Crippen LogP contribution in [0.5, 0.6) is 5.75 Å². The van der Waals surface area contributed by atoms with Crippen LogP contribution in [0.2, 0.25) is 0 Å². The number of ether oxygens (including phenoxy) is 3. The molecule has 20 heavy (non-hydrogen) atoms. The van der Waals surface area contributed by atoms with E-state index in [0.29, 0.717) is 13.2 Å². The first-order valence-corrected chi connectivity index (χ1v) is 7.36. The summed E-state index contributed by atoms with van der Waals surface area (Å²) < 4.78 is 16.8. The maximum Gasteiger partial charge on any atom is 0.124 e. The van der Waals surface area contributed by atoms with Gasteiger partial charge in [-0.1, -0.05) is 32.0 Å². The molecule has 0 saturated heterocycles. The molecule has 1 atom stereocenters. The average Bonchev–Trinajstić information content (AvgIpc) is 2.50. The van der Waals surface area contributed by atoms with Crippen molar-refractivity contribution in [2.45, 2.75) is 26.4 Å². The fourth-order valence-corrected chi connectivity index (χ4v) is 1.96. The van der Waals surface area contributed by atoms with E-state index in [1.807, 2.05) is 24.3 Å². The highest BCUT2D eigenvalue weighted by Crippen LogP contribution is 2.26. The molecule has 0 aliphatic heterocycles. The minimum atomic E-state index is -0.0173. The van der Waals surface area contributed by atoms with Crippen molar-refractivity contribution < 1.29 is 14.2 Å². The molecule has 1 unspecified atom stereocenters.